The van der Waals surface area contributed by atoms with Gasteiger partial charge in [0.2, 0.25) is 0 Å². The van der Waals surface area contributed by atoms with Crippen LogP contribution in [-0.2, 0) is 9.53 Å². The van der Waals surface area contributed by atoms with Crippen LogP contribution in [0.5, 0.6) is 0 Å². The van der Waals surface area contributed by atoms with Crippen LogP contribution in [0.15, 0.2) is 0 Å². The number of carboxylic acids is 1. The standard InChI is InChI=1S/C12H22O3S/c1-9-4-5-10(12(13)14)11(8-9)16-7-3-6-15-2/h9-11H,3-8H2,1-2H3,(H,13,14). The lowest BCUT2D eigenvalue weighted by molar-refractivity contribution is -0.142. The molecule has 0 heterocycles. The molecule has 1 fully saturated rings. The number of rotatable bonds is 6. The molecule has 3 atom stereocenters. The zero-order chi connectivity index (χ0) is 12.0. The van der Waals surface area contributed by atoms with Crippen molar-refractivity contribution in [1.82, 2.24) is 0 Å². The quantitative estimate of drug-likeness (QED) is 0.732. The summed E-state index contributed by atoms with van der Waals surface area (Å²) in [7, 11) is 1.70. The fourth-order valence-electron chi connectivity index (χ4n) is 2.23. The number of aliphatic carboxylic acids is 1. The largest absolute Gasteiger partial charge is 0.481 e. The molecule has 3 unspecified atom stereocenters. The normalized spacial score (nSPS) is 30.2. The van der Waals surface area contributed by atoms with Crippen LogP contribution in [0.1, 0.15) is 32.6 Å². The van der Waals surface area contributed by atoms with E-state index in [9.17, 15) is 4.79 Å². The highest BCUT2D eigenvalue weighted by atomic mass is 32.2. The number of hydrogen-bond acceptors (Lipinski definition) is 3. The van der Waals surface area contributed by atoms with Crippen molar-refractivity contribution in [2.24, 2.45) is 11.8 Å². The van der Waals surface area contributed by atoms with Crippen LogP contribution >= 0.6 is 11.8 Å². The first kappa shape index (κ1) is 13.8. The van der Waals surface area contributed by atoms with Crippen LogP contribution in [0.4, 0.5) is 0 Å². The third-order valence-electron chi connectivity index (χ3n) is 3.20. The van der Waals surface area contributed by atoms with Gasteiger partial charge in [-0.1, -0.05) is 6.92 Å². The summed E-state index contributed by atoms with van der Waals surface area (Å²) < 4.78 is 5.00. The summed E-state index contributed by atoms with van der Waals surface area (Å²) in [6.45, 7) is 2.99. The van der Waals surface area contributed by atoms with Gasteiger partial charge >= 0.3 is 5.97 Å². The molecule has 3 nitrogen and oxygen atoms in total. The molecule has 0 spiro atoms. The molecule has 0 saturated heterocycles. The number of thioether (sulfide) groups is 1. The van der Waals surface area contributed by atoms with Gasteiger partial charge in [-0.25, -0.2) is 0 Å². The molecule has 1 N–H and O–H groups in total. The molecule has 0 aliphatic heterocycles. The number of methoxy groups -OCH3 is 1. The molecule has 16 heavy (non-hydrogen) atoms. The van der Waals surface area contributed by atoms with E-state index in [1.807, 2.05) is 11.8 Å². The van der Waals surface area contributed by atoms with Crippen molar-refractivity contribution in [2.75, 3.05) is 19.5 Å². The van der Waals surface area contributed by atoms with E-state index in [1.54, 1.807) is 7.11 Å². The van der Waals surface area contributed by atoms with Crippen LogP contribution in [-0.4, -0.2) is 35.8 Å². The SMILES string of the molecule is COCCCSC1CC(C)CCC1C(=O)O. The maximum atomic E-state index is 11.1. The number of carboxylic acid groups (broad SMARTS) is 1. The summed E-state index contributed by atoms with van der Waals surface area (Å²) in [5, 5.41) is 9.46. The Morgan fingerprint density at radius 3 is 2.88 bits per heavy atom. The van der Waals surface area contributed by atoms with Crippen LogP contribution in [0.3, 0.4) is 0 Å². The maximum Gasteiger partial charge on any atom is 0.307 e. The Morgan fingerprint density at radius 1 is 1.50 bits per heavy atom. The van der Waals surface area contributed by atoms with Gasteiger partial charge in [0, 0.05) is 19.0 Å². The van der Waals surface area contributed by atoms with Crippen molar-refractivity contribution in [3.05, 3.63) is 0 Å². The lowest BCUT2D eigenvalue weighted by Crippen LogP contribution is -2.32. The lowest BCUT2D eigenvalue weighted by Gasteiger charge is -2.31. The fraction of sp³-hybridized carbons (Fsp3) is 0.917. The Kier molecular flexibility index (Phi) is 6.21. The van der Waals surface area contributed by atoms with E-state index < -0.39 is 5.97 Å². The summed E-state index contributed by atoms with van der Waals surface area (Å²) in [5.74, 6) is 0.935. The Labute approximate surface area is 102 Å². The summed E-state index contributed by atoms with van der Waals surface area (Å²) >= 11 is 1.82. The van der Waals surface area contributed by atoms with Crippen LogP contribution in [0.2, 0.25) is 0 Å². The minimum absolute atomic E-state index is 0.135. The zero-order valence-corrected chi connectivity index (χ0v) is 11.0. The lowest BCUT2D eigenvalue weighted by atomic mass is 9.82. The molecule has 1 rings (SSSR count). The second kappa shape index (κ2) is 7.17. The Balaban J connectivity index is 2.35. The van der Waals surface area contributed by atoms with Crippen LogP contribution in [0, 0.1) is 11.8 Å². The molecule has 1 aliphatic rings. The highest BCUT2D eigenvalue weighted by Crippen LogP contribution is 2.36. The molecule has 0 aromatic rings. The second-order valence-corrected chi connectivity index (χ2v) is 5.97. The third kappa shape index (κ3) is 4.34. The second-order valence-electron chi connectivity index (χ2n) is 4.62. The molecule has 0 aromatic heterocycles. The highest BCUT2D eigenvalue weighted by Gasteiger charge is 2.33. The van der Waals surface area contributed by atoms with Crippen LogP contribution < -0.4 is 0 Å². The van der Waals surface area contributed by atoms with Crippen molar-refractivity contribution < 1.29 is 14.6 Å². The first-order valence-corrected chi connectivity index (χ1v) is 7.03. The minimum atomic E-state index is -0.615. The number of ether oxygens (including phenoxy) is 1. The van der Waals surface area contributed by atoms with E-state index in [1.165, 1.54) is 0 Å². The van der Waals surface area contributed by atoms with Crippen molar-refractivity contribution in [1.29, 1.82) is 0 Å². The van der Waals surface area contributed by atoms with Crippen molar-refractivity contribution in [2.45, 2.75) is 37.9 Å². The van der Waals surface area contributed by atoms with Crippen molar-refractivity contribution >= 4 is 17.7 Å². The van der Waals surface area contributed by atoms with Gasteiger partial charge in [0.05, 0.1) is 5.92 Å². The molecule has 1 saturated carbocycles. The van der Waals surface area contributed by atoms with Gasteiger partial charge in [-0.3, -0.25) is 4.79 Å². The fourth-order valence-corrected chi connectivity index (χ4v) is 3.77. The van der Waals surface area contributed by atoms with E-state index in [0.717, 1.165) is 38.0 Å². The molecule has 0 bridgehead atoms. The zero-order valence-electron chi connectivity index (χ0n) is 10.1. The third-order valence-corrected chi connectivity index (χ3v) is 4.67. The summed E-state index contributed by atoms with van der Waals surface area (Å²) in [6, 6.07) is 0. The van der Waals surface area contributed by atoms with Gasteiger partial charge in [0.25, 0.3) is 0 Å². The number of hydrogen-bond donors (Lipinski definition) is 1. The maximum absolute atomic E-state index is 11.1. The van der Waals surface area contributed by atoms with Crippen LogP contribution in [0.25, 0.3) is 0 Å². The summed E-state index contributed by atoms with van der Waals surface area (Å²) in [5.41, 5.74) is 0. The Bertz CT molecular complexity index is 220. The van der Waals surface area contributed by atoms with E-state index in [4.69, 9.17) is 9.84 Å². The average molecular weight is 246 g/mol. The van der Waals surface area contributed by atoms with E-state index in [0.29, 0.717) is 11.2 Å². The molecular formula is C12H22O3S. The van der Waals surface area contributed by atoms with E-state index in [-0.39, 0.29) is 5.92 Å². The summed E-state index contributed by atoms with van der Waals surface area (Å²) in [6.07, 6.45) is 3.97. The van der Waals surface area contributed by atoms with E-state index in [2.05, 4.69) is 6.92 Å². The molecule has 94 valence electrons. The first-order valence-electron chi connectivity index (χ1n) is 5.98. The average Bonchev–Trinajstić information content (AvgIpc) is 2.24. The van der Waals surface area contributed by atoms with Gasteiger partial charge < -0.3 is 9.84 Å². The smallest absolute Gasteiger partial charge is 0.307 e. The molecule has 0 amide bonds. The first-order chi connectivity index (χ1) is 7.65. The number of carbonyl (C=O) groups is 1. The highest BCUT2D eigenvalue weighted by molar-refractivity contribution is 7.99. The van der Waals surface area contributed by atoms with Crippen molar-refractivity contribution in [3.8, 4) is 0 Å². The topological polar surface area (TPSA) is 46.5 Å². The van der Waals surface area contributed by atoms with Gasteiger partial charge in [-0.15, -0.1) is 0 Å². The predicted octanol–water partition coefficient (Wildman–Crippen LogP) is 2.65. The molecule has 4 heteroatoms. The predicted molar refractivity (Wildman–Crippen MR) is 66.9 cm³/mol. The minimum Gasteiger partial charge on any atom is -0.481 e. The monoisotopic (exact) mass is 246 g/mol. The molecule has 0 aromatic carbocycles. The van der Waals surface area contributed by atoms with Gasteiger partial charge in [-0.2, -0.15) is 11.8 Å². The molecular weight excluding hydrogens is 224 g/mol. The van der Waals surface area contributed by atoms with Gasteiger partial charge in [0.15, 0.2) is 0 Å². The molecule has 0 radical (unpaired) electrons. The van der Waals surface area contributed by atoms with Crippen molar-refractivity contribution in [3.63, 3.8) is 0 Å². The van der Waals surface area contributed by atoms with E-state index >= 15 is 0 Å². The molecule has 1 aliphatic carbocycles. The Hall–Kier alpha value is -0.220. The summed E-state index contributed by atoms with van der Waals surface area (Å²) in [4.78, 5) is 11.1. The van der Waals surface area contributed by atoms with Gasteiger partial charge in [0.1, 0.15) is 0 Å². The Morgan fingerprint density at radius 2 is 2.25 bits per heavy atom. The van der Waals surface area contributed by atoms with Gasteiger partial charge in [-0.05, 0) is 37.4 Å².